The van der Waals surface area contributed by atoms with E-state index in [2.05, 4.69) is 32.9 Å². The Morgan fingerprint density at radius 2 is 1.51 bits per heavy atom. The summed E-state index contributed by atoms with van der Waals surface area (Å²) in [6, 6.07) is 0. The number of aliphatic hydroxyl groups excluding tert-OH is 5. The average Bonchev–Trinajstić information content (AvgIpc) is 3.01. The van der Waals surface area contributed by atoms with E-state index in [1.807, 2.05) is 6.92 Å². The fourth-order valence-corrected chi connectivity index (χ4v) is 5.81. The monoisotopic (exact) mass is 725 g/mol. The number of primary amides is 1. The van der Waals surface area contributed by atoms with Gasteiger partial charge in [0.2, 0.25) is 5.91 Å². The van der Waals surface area contributed by atoms with Gasteiger partial charge in [-0.25, -0.2) is 9.36 Å². The Morgan fingerprint density at radius 1 is 0.898 bits per heavy atom. The van der Waals surface area contributed by atoms with Gasteiger partial charge in [0.05, 0.1) is 25.9 Å². The Hall–Kier alpha value is -2.09. The lowest BCUT2D eigenvalue weighted by Gasteiger charge is -2.46. The predicted molar refractivity (Wildman–Crippen MR) is 171 cm³/mol. The van der Waals surface area contributed by atoms with Gasteiger partial charge in [0.1, 0.15) is 30.5 Å². The number of aliphatic hydroxyl groups is 5. The standard InChI is InChI=1S/C31H52NO16P/c1-16(2)8-6-9-17(3)10-7-11-18(4)12-13-43-21(29(39)40)15-44-49(41,42)48-31-27(25(37)24(36)26(46-31)28(32)38)47-30-19(5)22(34)23(35)20(14-33)45-30/h8,10,12,19-27,30-31,33-37H,6-7,9,11,13-15H2,1-5H3,(H2,32,38)(H,39,40)(H,41,42)/b17-10+,18-12-/t19?,20?,21-,22+,23+,24+,25-,26?,27?,30-,31+/m0/s1. The summed E-state index contributed by atoms with van der Waals surface area (Å²) in [6.07, 6.45) is -8.21. The number of hydrogen-bond acceptors (Lipinski definition) is 14. The fourth-order valence-electron chi connectivity index (χ4n) is 4.99. The van der Waals surface area contributed by atoms with E-state index < -0.39 is 100 Å². The van der Waals surface area contributed by atoms with E-state index in [9.17, 15) is 49.7 Å². The van der Waals surface area contributed by atoms with Crippen LogP contribution in [0, 0.1) is 5.92 Å². The number of phosphoric acid groups is 1. The first-order valence-corrected chi connectivity index (χ1v) is 17.4. The number of carbonyl (C=O) groups is 2. The summed E-state index contributed by atoms with van der Waals surface area (Å²) in [7, 11) is -5.28. The highest BCUT2D eigenvalue weighted by atomic mass is 31.2. The van der Waals surface area contributed by atoms with E-state index in [1.165, 1.54) is 18.1 Å². The maximum atomic E-state index is 12.9. The van der Waals surface area contributed by atoms with E-state index in [0.717, 1.165) is 24.8 Å². The minimum atomic E-state index is -5.28. The highest BCUT2D eigenvalue weighted by Crippen LogP contribution is 2.47. The molecule has 49 heavy (non-hydrogen) atoms. The van der Waals surface area contributed by atoms with Gasteiger partial charge in [-0.15, -0.1) is 0 Å². The first kappa shape index (κ1) is 43.1. The number of hydrogen-bond donors (Lipinski definition) is 8. The largest absolute Gasteiger partial charge is 0.479 e. The van der Waals surface area contributed by atoms with Crippen molar-refractivity contribution in [2.24, 2.45) is 11.7 Å². The molecule has 0 radical (unpaired) electrons. The van der Waals surface area contributed by atoms with Gasteiger partial charge in [-0.05, 0) is 53.4 Å². The number of carboxylic acid groups (broad SMARTS) is 1. The molecule has 12 atom stereocenters. The van der Waals surface area contributed by atoms with Gasteiger partial charge < -0.3 is 60.2 Å². The Balaban J connectivity index is 2.05. The van der Waals surface area contributed by atoms with E-state index >= 15 is 0 Å². The molecule has 0 aromatic carbocycles. The number of nitrogens with two attached hydrogens (primary N) is 1. The molecule has 0 aliphatic carbocycles. The van der Waals surface area contributed by atoms with Gasteiger partial charge in [0.15, 0.2) is 24.8 Å². The first-order chi connectivity index (χ1) is 22.9. The van der Waals surface area contributed by atoms with Crippen molar-refractivity contribution >= 4 is 19.7 Å². The molecule has 17 nitrogen and oxygen atoms in total. The lowest BCUT2D eigenvalue weighted by Crippen LogP contribution is -2.64. The molecular formula is C31H52NO16P. The summed E-state index contributed by atoms with van der Waals surface area (Å²) in [5.74, 6) is -3.80. The lowest BCUT2D eigenvalue weighted by molar-refractivity contribution is -0.346. The first-order valence-electron chi connectivity index (χ1n) is 15.9. The second-order valence-corrected chi connectivity index (χ2v) is 13.9. The Labute approximate surface area is 285 Å². The minimum Gasteiger partial charge on any atom is -0.479 e. The molecule has 0 bridgehead atoms. The molecule has 0 spiro atoms. The third-order valence-electron chi connectivity index (χ3n) is 8.06. The fraction of sp³-hybridized carbons (Fsp3) is 0.742. The molecule has 2 saturated heterocycles. The van der Waals surface area contributed by atoms with Crippen LogP contribution in [-0.4, -0.2) is 129 Å². The van der Waals surface area contributed by atoms with Gasteiger partial charge in [0.25, 0.3) is 0 Å². The molecule has 5 unspecified atom stereocenters. The molecular weight excluding hydrogens is 673 g/mol. The smallest absolute Gasteiger partial charge is 0.474 e. The van der Waals surface area contributed by atoms with Crippen LogP contribution in [0.5, 0.6) is 0 Å². The van der Waals surface area contributed by atoms with Crippen LogP contribution in [0.4, 0.5) is 0 Å². The van der Waals surface area contributed by atoms with E-state index in [1.54, 1.807) is 6.08 Å². The summed E-state index contributed by atoms with van der Waals surface area (Å²) < 4.78 is 44.5. The van der Waals surface area contributed by atoms with Crippen LogP contribution in [-0.2, 0) is 42.1 Å². The van der Waals surface area contributed by atoms with Crippen LogP contribution in [0.3, 0.4) is 0 Å². The number of ether oxygens (including phenoxy) is 4. The van der Waals surface area contributed by atoms with Crippen molar-refractivity contribution < 1.29 is 77.7 Å². The average molecular weight is 726 g/mol. The van der Waals surface area contributed by atoms with Crippen molar-refractivity contribution in [3.8, 4) is 0 Å². The van der Waals surface area contributed by atoms with E-state index in [0.29, 0.717) is 6.42 Å². The summed E-state index contributed by atoms with van der Waals surface area (Å²) in [5.41, 5.74) is 8.70. The molecule has 2 aliphatic heterocycles. The zero-order valence-electron chi connectivity index (χ0n) is 28.4. The molecule has 0 aromatic heterocycles. The van der Waals surface area contributed by atoms with Crippen LogP contribution < -0.4 is 5.73 Å². The Bertz CT molecular complexity index is 1220. The van der Waals surface area contributed by atoms with Crippen LogP contribution >= 0.6 is 7.82 Å². The summed E-state index contributed by atoms with van der Waals surface area (Å²) in [6.45, 7) is 7.55. The van der Waals surface area contributed by atoms with Crippen molar-refractivity contribution in [3.05, 3.63) is 34.9 Å². The van der Waals surface area contributed by atoms with Gasteiger partial charge >= 0.3 is 13.8 Å². The highest BCUT2D eigenvalue weighted by Gasteiger charge is 2.53. The zero-order valence-corrected chi connectivity index (χ0v) is 29.3. The molecule has 282 valence electrons. The molecule has 0 saturated carbocycles. The second-order valence-electron chi connectivity index (χ2n) is 12.5. The van der Waals surface area contributed by atoms with Crippen molar-refractivity contribution in [2.75, 3.05) is 19.8 Å². The number of phosphoric ester groups is 1. The second kappa shape index (κ2) is 20.1. The molecule has 2 aliphatic rings. The normalized spacial score (nSPS) is 33.0. The maximum Gasteiger partial charge on any atom is 0.474 e. The Kier molecular flexibility index (Phi) is 17.7. The minimum absolute atomic E-state index is 0.146. The van der Waals surface area contributed by atoms with Crippen LogP contribution in [0.25, 0.3) is 0 Å². The quantitative estimate of drug-likeness (QED) is 0.0661. The summed E-state index contributed by atoms with van der Waals surface area (Å²) >= 11 is 0. The summed E-state index contributed by atoms with van der Waals surface area (Å²) in [5, 5.41) is 60.8. The molecule has 0 aromatic rings. The zero-order chi connectivity index (χ0) is 37.1. The highest BCUT2D eigenvalue weighted by molar-refractivity contribution is 7.47. The third-order valence-corrected chi connectivity index (χ3v) is 9.01. The van der Waals surface area contributed by atoms with Crippen LogP contribution in [0.15, 0.2) is 34.9 Å². The summed E-state index contributed by atoms with van der Waals surface area (Å²) in [4.78, 5) is 34.1. The molecule has 2 rings (SSSR count). The number of aliphatic carboxylic acids is 1. The number of allylic oxidation sites excluding steroid dienone is 5. The van der Waals surface area contributed by atoms with Gasteiger partial charge in [-0.3, -0.25) is 13.8 Å². The van der Waals surface area contributed by atoms with Crippen molar-refractivity contribution in [3.63, 3.8) is 0 Å². The SMILES string of the molecule is CC(C)=CCC/C(C)=C/CC/C(C)=C\CO[C@@H](COP(=O)(O)O[C@H]1OC(C(N)=O)[C@H](O)[C@H](O)C1O[C@@H]1OC(CO)[C@@H](O)[C@H](O)C1C)C(=O)O. The molecule has 2 fully saturated rings. The molecule has 1 amide bonds. The number of amides is 1. The number of carbonyl (C=O) groups excluding carboxylic acids is 1. The predicted octanol–water partition coefficient (Wildman–Crippen LogP) is 0.401. The molecule has 9 N–H and O–H groups in total. The number of rotatable bonds is 19. The number of carboxylic acids is 1. The molecule has 18 heteroatoms. The van der Waals surface area contributed by atoms with Crippen LogP contribution in [0.2, 0.25) is 0 Å². The Morgan fingerprint density at radius 3 is 2.08 bits per heavy atom. The third kappa shape index (κ3) is 13.5. The van der Waals surface area contributed by atoms with E-state index in [4.69, 9.17) is 33.7 Å². The van der Waals surface area contributed by atoms with Gasteiger partial charge in [0, 0.05) is 5.92 Å². The van der Waals surface area contributed by atoms with Crippen LogP contribution in [0.1, 0.15) is 60.3 Å². The topological polar surface area (TPSA) is 274 Å². The maximum absolute atomic E-state index is 12.9. The van der Waals surface area contributed by atoms with Crippen molar-refractivity contribution in [1.82, 2.24) is 0 Å². The lowest BCUT2D eigenvalue weighted by atomic mass is 9.92. The van der Waals surface area contributed by atoms with E-state index in [-0.39, 0.29) is 6.61 Å². The van der Waals surface area contributed by atoms with Crippen molar-refractivity contribution in [2.45, 2.75) is 122 Å². The molecule has 2 heterocycles. The van der Waals surface area contributed by atoms with Gasteiger partial charge in [-0.1, -0.05) is 41.9 Å². The van der Waals surface area contributed by atoms with Gasteiger partial charge in [-0.2, -0.15) is 0 Å². The van der Waals surface area contributed by atoms with Crippen molar-refractivity contribution in [1.29, 1.82) is 0 Å².